The fourth-order valence-electron chi connectivity index (χ4n) is 2.94. The summed E-state index contributed by atoms with van der Waals surface area (Å²) in [6.45, 7) is 10.8. The van der Waals surface area contributed by atoms with Gasteiger partial charge in [0.15, 0.2) is 0 Å². The zero-order valence-electron chi connectivity index (χ0n) is 16.6. The highest BCUT2D eigenvalue weighted by Crippen LogP contribution is 2.24. The predicted octanol–water partition coefficient (Wildman–Crippen LogP) is 2.79. The van der Waals surface area contributed by atoms with Crippen LogP contribution in [0.4, 0.5) is 0 Å². The van der Waals surface area contributed by atoms with Crippen LogP contribution in [0.25, 0.3) is 0 Å². The van der Waals surface area contributed by atoms with Crippen molar-refractivity contribution >= 4 is 15.9 Å². The summed E-state index contributed by atoms with van der Waals surface area (Å²) in [5.74, 6) is -0.0689. The van der Waals surface area contributed by atoms with Crippen molar-refractivity contribution in [1.29, 1.82) is 0 Å². The van der Waals surface area contributed by atoms with Crippen molar-refractivity contribution in [3.05, 3.63) is 46.8 Å². The first kappa shape index (κ1) is 21.1. The topological polar surface area (TPSA) is 101 Å². The Balaban J connectivity index is 2.18. The molecule has 0 aliphatic rings. The number of aryl methyl sites for hydroxylation is 2. The molecule has 1 heterocycles. The third-order valence-electron chi connectivity index (χ3n) is 4.07. The molecule has 0 bridgehead atoms. The Kier molecular flexibility index (Phi) is 6.11. The van der Waals surface area contributed by atoms with Crippen LogP contribution in [0, 0.1) is 13.8 Å². The molecule has 1 atom stereocenters. The number of rotatable bonds is 6. The normalized spacial score (nSPS) is 13.4. The van der Waals surface area contributed by atoms with E-state index in [4.69, 9.17) is 4.52 Å². The van der Waals surface area contributed by atoms with Gasteiger partial charge >= 0.3 is 0 Å². The highest BCUT2D eigenvalue weighted by atomic mass is 32.2. The zero-order valence-corrected chi connectivity index (χ0v) is 17.4. The lowest BCUT2D eigenvalue weighted by Gasteiger charge is -2.22. The van der Waals surface area contributed by atoms with E-state index in [-0.39, 0.29) is 17.3 Å². The molecule has 148 valence electrons. The summed E-state index contributed by atoms with van der Waals surface area (Å²) >= 11 is 0. The highest BCUT2D eigenvalue weighted by Gasteiger charge is 2.26. The summed E-state index contributed by atoms with van der Waals surface area (Å²) < 4.78 is 33.1. The fraction of sp³-hybridized carbons (Fsp3) is 0.474. The van der Waals surface area contributed by atoms with Crippen molar-refractivity contribution in [3.63, 3.8) is 0 Å². The number of carbonyl (C=O) groups excluding carboxylic acids is 1. The number of sulfonamides is 1. The number of aromatic nitrogens is 1. The molecule has 1 unspecified atom stereocenters. The van der Waals surface area contributed by atoms with Gasteiger partial charge in [-0.15, -0.1) is 0 Å². The molecule has 2 N–H and O–H groups in total. The van der Waals surface area contributed by atoms with Crippen LogP contribution in [0.1, 0.15) is 56.2 Å². The Hall–Kier alpha value is -2.19. The first-order chi connectivity index (χ1) is 12.4. The molecule has 0 spiro atoms. The van der Waals surface area contributed by atoms with Crippen LogP contribution >= 0.6 is 0 Å². The third kappa shape index (κ3) is 5.17. The SMILES string of the molecule is Cc1noc(C)c1C(C)C(=O)NCc1ccccc1S(=O)(=O)NC(C)(C)C. The van der Waals surface area contributed by atoms with Gasteiger partial charge < -0.3 is 9.84 Å². The van der Waals surface area contributed by atoms with Crippen molar-refractivity contribution in [2.24, 2.45) is 0 Å². The number of hydrogen-bond acceptors (Lipinski definition) is 5. The van der Waals surface area contributed by atoms with Crippen molar-refractivity contribution in [2.75, 3.05) is 0 Å². The van der Waals surface area contributed by atoms with E-state index < -0.39 is 21.5 Å². The van der Waals surface area contributed by atoms with Crippen molar-refractivity contribution < 1.29 is 17.7 Å². The first-order valence-corrected chi connectivity index (χ1v) is 10.2. The van der Waals surface area contributed by atoms with E-state index >= 15 is 0 Å². The van der Waals surface area contributed by atoms with Crippen LogP contribution in [0.2, 0.25) is 0 Å². The summed E-state index contributed by atoms with van der Waals surface area (Å²) in [4.78, 5) is 12.7. The van der Waals surface area contributed by atoms with Gasteiger partial charge in [0.1, 0.15) is 5.76 Å². The van der Waals surface area contributed by atoms with E-state index in [2.05, 4.69) is 15.2 Å². The number of hydrogen-bond donors (Lipinski definition) is 2. The average molecular weight is 394 g/mol. The van der Waals surface area contributed by atoms with E-state index in [1.807, 2.05) is 0 Å². The number of nitrogens with one attached hydrogen (secondary N) is 2. The monoisotopic (exact) mass is 393 g/mol. The number of nitrogens with zero attached hydrogens (tertiary/aromatic N) is 1. The second kappa shape index (κ2) is 7.82. The van der Waals surface area contributed by atoms with Crippen molar-refractivity contribution in [2.45, 2.75) is 64.4 Å². The molecule has 1 amide bonds. The van der Waals surface area contributed by atoms with Gasteiger partial charge in [-0.25, -0.2) is 13.1 Å². The van der Waals surface area contributed by atoms with Gasteiger partial charge in [0.25, 0.3) is 0 Å². The van der Waals surface area contributed by atoms with Crippen LogP contribution in [0.3, 0.4) is 0 Å². The predicted molar refractivity (Wildman–Crippen MR) is 103 cm³/mol. The number of carbonyl (C=O) groups is 1. The maximum Gasteiger partial charge on any atom is 0.241 e. The van der Waals surface area contributed by atoms with Crippen LogP contribution in [0.15, 0.2) is 33.7 Å². The van der Waals surface area contributed by atoms with Gasteiger partial charge in [-0.05, 0) is 53.2 Å². The van der Waals surface area contributed by atoms with Gasteiger partial charge in [-0.1, -0.05) is 23.4 Å². The smallest absolute Gasteiger partial charge is 0.241 e. The molecule has 8 heteroatoms. The molecule has 0 aliphatic heterocycles. The lowest BCUT2D eigenvalue weighted by Crippen LogP contribution is -2.41. The van der Waals surface area contributed by atoms with Crippen molar-refractivity contribution in [1.82, 2.24) is 15.2 Å². The van der Waals surface area contributed by atoms with Crippen LogP contribution in [-0.2, 0) is 21.4 Å². The van der Waals surface area contributed by atoms with Crippen LogP contribution in [-0.4, -0.2) is 25.0 Å². The van der Waals surface area contributed by atoms with Crippen LogP contribution in [0.5, 0.6) is 0 Å². The Labute approximate surface area is 160 Å². The van der Waals surface area contributed by atoms with Gasteiger partial charge in [0, 0.05) is 17.6 Å². The first-order valence-electron chi connectivity index (χ1n) is 8.75. The summed E-state index contributed by atoms with van der Waals surface area (Å²) in [6, 6.07) is 6.63. The van der Waals surface area contributed by atoms with E-state index in [0.717, 1.165) is 5.56 Å². The standard InChI is InChI=1S/C19H27N3O4S/c1-12(17-13(2)21-26-14(17)3)18(23)20-11-15-9-7-8-10-16(15)27(24,25)22-19(4,5)6/h7-10,12,22H,11H2,1-6H3,(H,20,23). The Morgan fingerprint density at radius 3 is 2.41 bits per heavy atom. The summed E-state index contributed by atoms with van der Waals surface area (Å²) in [6.07, 6.45) is 0. The molecule has 0 radical (unpaired) electrons. The maximum absolute atomic E-state index is 12.7. The summed E-state index contributed by atoms with van der Waals surface area (Å²) in [7, 11) is -3.70. The molecule has 0 saturated heterocycles. The molecule has 2 rings (SSSR count). The summed E-state index contributed by atoms with van der Waals surface area (Å²) in [5, 5.41) is 6.69. The van der Waals surface area contributed by atoms with Crippen LogP contribution < -0.4 is 10.0 Å². The molecule has 1 aromatic carbocycles. The maximum atomic E-state index is 12.7. The third-order valence-corrected chi connectivity index (χ3v) is 5.93. The number of benzene rings is 1. The lowest BCUT2D eigenvalue weighted by atomic mass is 9.98. The largest absolute Gasteiger partial charge is 0.361 e. The van der Waals surface area contributed by atoms with Gasteiger partial charge in [0.2, 0.25) is 15.9 Å². The molecule has 0 aliphatic carbocycles. The fourth-order valence-corrected chi connectivity index (χ4v) is 4.60. The molecule has 2 aromatic rings. The molecular weight excluding hydrogens is 366 g/mol. The molecule has 1 aromatic heterocycles. The zero-order chi connectivity index (χ0) is 20.4. The lowest BCUT2D eigenvalue weighted by molar-refractivity contribution is -0.122. The molecule has 7 nitrogen and oxygen atoms in total. The molecule has 0 saturated carbocycles. The number of amides is 1. The minimum Gasteiger partial charge on any atom is -0.361 e. The van der Waals surface area contributed by atoms with Gasteiger partial charge in [-0.3, -0.25) is 4.79 Å². The van der Waals surface area contributed by atoms with E-state index in [1.54, 1.807) is 59.7 Å². The minimum atomic E-state index is -3.70. The quantitative estimate of drug-likeness (QED) is 0.786. The minimum absolute atomic E-state index is 0.105. The highest BCUT2D eigenvalue weighted by molar-refractivity contribution is 7.89. The molecule has 27 heavy (non-hydrogen) atoms. The van der Waals surface area contributed by atoms with Crippen molar-refractivity contribution in [3.8, 4) is 0 Å². The van der Waals surface area contributed by atoms with E-state index in [9.17, 15) is 13.2 Å². The Morgan fingerprint density at radius 1 is 1.22 bits per heavy atom. The Bertz CT molecular complexity index is 907. The average Bonchev–Trinajstić information content (AvgIpc) is 2.88. The molecule has 0 fully saturated rings. The second-order valence-corrected chi connectivity index (χ2v) is 9.29. The second-order valence-electron chi connectivity index (χ2n) is 7.64. The van der Waals surface area contributed by atoms with E-state index in [1.165, 1.54) is 6.07 Å². The van der Waals surface area contributed by atoms with E-state index in [0.29, 0.717) is 17.0 Å². The Morgan fingerprint density at radius 2 is 1.85 bits per heavy atom. The van der Waals surface area contributed by atoms with Gasteiger partial charge in [0.05, 0.1) is 16.5 Å². The summed E-state index contributed by atoms with van der Waals surface area (Å²) in [5.41, 5.74) is 1.34. The van der Waals surface area contributed by atoms with Gasteiger partial charge in [-0.2, -0.15) is 0 Å². The molecular formula is C19H27N3O4S.